The van der Waals surface area contributed by atoms with Gasteiger partial charge in [-0.05, 0) is 42.7 Å². The zero-order valence-corrected chi connectivity index (χ0v) is 16.1. The lowest BCUT2D eigenvalue weighted by Crippen LogP contribution is -2.41. The number of methoxy groups -OCH3 is 1. The van der Waals surface area contributed by atoms with Crippen LogP contribution in [0.2, 0.25) is 0 Å². The molecule has 154 valence electrons. The number of nitrogens with one attached hydrogen (secondary N) is 2. The Morgan fingerprint density at radius 2 is 1.79 bits per heavy atom. The number of nitrogens with zero attached hydrogens (tertiary/aromatic N) is 1. The maximum absolute atomic E-state index is 13.2. The van der Waals surface area contributed by atoms with Crippen molar-refractivity contribution in [1.29, 1.82) is 0 Å². The zero-order valence-electron chi connectivity index (χ0n) is 16.1. The van der Waals surface area contributed by atoms with Gasteiger partial charge in [-0.2, -0.15) is 0 Å². The minimum atomic E-state index is -1.05. The van der Waals surface area contributed by atoms with Gasteiger partial charge in [0, 0.05) is 24.3 Å². The van der Waals surface area contributed by atoms with Crippen LogP contribution < -0.4 is 15.4 Å². The summed E-state index contributed by atoms with van der Waals surface area (Å²) in [5.74, 6) is -2.06. The van der Waals surface area contributed by atoms with Crippen LogP contribution in [0.15, 0.2) is 42.5 Å². The Kier molecular flexibility index (Phi) is 6.77. The Morgan fingerprint density at radius 1 is 1.07 bits per heavy atom. The average Bonchev–Trinajstić information content (AvgIpc) is 3.55. The van der Waals surface area contributed by atoms with E-state index in [2.05, 4.69) is 15.5 Å². The van der Waals surface area contributed by atoms with E-state index in [-0.39, 0.29) is 24.7 Å². The Balaban J connectivity index is 1.47. The number of hydrogen-bond donors (Lipinski definition) is 2. The summed E-state index contributed by atoms with van der Waals surface area (Å²) in [5, 5.41) is 4.98. The molecule has 2 aromatic rings. The van der Waals surface area contributed by atoms with Crippen molar-refractivity contribution < 1.29 is 23.1 Å². The third kappa shape index (κ3) is 6.25. The lowest BCUT2D eigenvalue weighted by molar-refractivity contribution is -0.125. The van der Waals surface area contributed by atoms with Crippen LogP contribution in [0.3, 0.4) is 0 Å². The molecule has 6 nitrogen and oxygen atoms in total. The van der Waals surface area contributed by atoms with Crippen LogP contribution in [-0.4, -0.2) is 43.0 Å². The molecule has 2 amide bonds. The smallest absolute Gasteiger partial charge is 0.243 e. The van der Waals surface area contributed by atoms with E-state index in [1.807, 2.05) is 24.3 Å². The Hall–Kier alpha value is -3.00. The standard InChI is InChI=1S/C21H23F2N3O3/c1-29-17-7-2-14(3-8-17)12-26(16-5-6-16)13-21(28)24-11-20(27)25-15-4-9-18(22)19(23)10-15/h2-4,7-10,16H,5-6,11-13H2,1H3,(H,24,28)(H,25,27). The van der Waals surface area contributed by atoms with Crippen molar-refractivity contribution >= 4 is 17.5 Å². The van der Waals surface area contributed by atoms with Gasteiger partial charge in [-0.25, -0.2) is 8.78 Å². The van der Waals surface area contributed by atoms with E-state index in [0.717, 1.165) is 36.3 Å². The molecule has 1 aliphatic rings. The highest BCUT2D eigenvalue weighted by molar-refractivity contribution is 5.94. The Bertz CT molecular complexity index is 870. The maximum Gasteiger partial charge on any atom is 0.243 e. The normalized spacial score (nSPS) is 13.2. The largest absolute Gasteiger partial charge is 0.497 e. The summed E-state index contributed by atoms with van der Waals surface area (Å²) in [6.07, 6.45) is 2.08. The second-order valence-corrected chi connectivity index (χ2v) is 6.94. The van der Waals surface area contributed by atoms with Gasteiger partial charge in [-0.15, -0.1) is 0 Å². The van der Waals surface area contributed by atoms with E-state index < -0.39 is 17.5 Å². The van der Waals surface area contributed by atoms with Crippen molar-refractivity contribution in [2.75, 3.05) is 25.5 Å². The summed E-state index contributed by atoms with van der Waals surface area (Å²) < 4.78 is 31.3. The number of halogens is 2. The molecule has 0 saturated heterocycles. The lowest BCUT2D eigenvalue weighted by Gasteiger charge is -2.21. The third-order valence-corrected chi connectivity index (χ3v) is 4.60. The number of rotatable bonds is 9. The Labute approximate surface area is 167 Å². The molecular weight excluding hydrogens is 380 g/mol. The van der Waals surface area contributed by atoms with E-state index in [0.29, 0.717) is 12.6 Å². The molecule has 2 N–H and O–H groups in total. The minimum Gasteiger partial charge on any atom is -0.497 e. The van der Waals surface area contributed by atoms with Crippen molar-refractivity contribution in [2.45, 2.75) is 25.4 Å². The Morgan fingerprint density at radius 3 is 2.41 bits per heavy atom. The highest BCUT2D eigenvalue weighted by atomic mass is 19.2. The molecule has 1 fully saturated rings. The first-order valence-electron chi connectivity index (χ1n) is 9.33. The second-order valence-electron chi connectivity index (χ2n) is 6.94. The van der Waals surface area contributed by atoms with Crippen molar-refractivity contribution in [3.05, 3.63) is 59.7 Å². The second kappa shape index (κ2) is 9.47. The molecule has 3 rings (SSSR count). The molecule has 2 aromatic carbocycles. The number of carbonyl (C=O) groups excluding carboxylic acids is 2. The van der Waals surface area contributed by atoms with E-state index in [4.69, 9.17) is 4.74 Å². The van der Waals surface area contributed by atoms with Crippen LogP contribution >= 0.6 is 0 Å². The highest BCUT2D eigenvalue weighted by Gasteiger charge is 2.30. The lowest BCUT2D eigenvalue weighted by atomic mass is 10.2. The minimum absolute atomic E-state index is 0.127. The number of amides is 2. The fraction of sp³-hybridized carbons (Fsp3) is 0.333. The first-order chi connectivity index (χ1) is 13.9. The number of carbonyl (C=O) groups is 2. The fourth-order valence-corrected chi connectivity index (χ4v) is 2.92. The predicted molar refractivity (Wildman–Crippen MR) is 104 cm³/mol. The molecule has 1 aliphatic carbocycles. The van der Waals surface area contributed by atoms with Gasteiger partial charge in [0.25, 0.3) is 0 Å². The molecule has 1 saturated carbocycles. The van der Waals surface area contributed by atoms with Crippen LogP contribution in [0.4, 0.5) is 14.5 Å². The van der Waals surface area contributed by atoms with Crippen molar-refractivity contribution in [3.8, 4) is 5.75 Å². The van der Waals surface area contributed by atoms with Gasteiger partial charge in [0.05, 0.1) is 20.2 Å². The van der Waals surface area contributed by atoms with Crippen molar-refractivity contribution in [1.82, 2.24) is 10.2 Å². The molecule has 29 heavy (non-hydrogen) atoms. The van der Waals surface area contributed by atoms with Gasteiger partial charge >= 0.3 is 0 Å². The van der Waals surface area contributed by atoms with Gasteiger partial charge in [0.1, 0.15) is 5.75 Å². The van der Waals surface area contributed by atoms with Crippen molar-refractivity contribution in [2.24, 2.45) is 0 Å². The predicted octanol–water partition coefficient (Wildman–Crippen LogP) is 2.69. The van der Waals surface area contributed by atoms with Gasteiger partial charge in [-0.1, -0.05) is 12.1 Å². The highest BCUT2D eigenvalue weighted by Crippen LogP contribution is 2.28. The molecule has 0 aliphatic heterocycles. The first-order valence-corrected chi connectivity index (χ1v) is 9.33. The summed E-state index contributed by atoms with van der Waals surface area (Å²) >= 11 is 0. The first kappa shape index (κ1) is 20.7. The molecule has 0 aromatic heterocycles. The number of benzene rings is 2. The maximum atomic E-state index is 13.2. The number of hydrogen-bond acceptors (Lipinski definition) is 4. The van der Waals surface area contributed by atoms with Gasteiger partial charge in [0.15, 0.2) is 11.6 Å². The topological polar surface area (TPSA) is 70.7 Å². The monoisotopic (exact) mass is 403 g/mol. The van der Waals surface area contributed by atoms with Crippen molar-refractivity contribution in [3.63, 3.8) is 0 Å². The molecule has 0 atom stereocenters. The molecule has 0 radical (unpaired) electrons. The number of anilines is 1. The molecule has 8 heteroatoms. The van der Waals surface area contributed by atoms with Gasteiger partial charge in [-0.3, -0.25) is 14.5 Å². The van der Waals surface area contributed by atoms with Gasteiger partial charge < -0.3 is 15.4 Å². The molecule has 0 bridgehead atoms. The van der Waals surface area contributed by atoms with Crippen LogP contribution in [0.25, 0.3) is 0 Å². The number of ether oxygens (including phenoxy) is 1. The average molecular weight is 403 g/mol. The van der Waals surface area contributed by atoms with Crippen LogP contribution in [0.5, 0.6) is 5.75 Å². The quantitative estimate of drug-likeness (QED) is 0.676. The van der Waals surface area contributed by atoms with Gasteiger partial charge in [0.2, 0.25) is 11.8 Å². The van der Waals surface area contributed by atoms with Crippen LogP contribution in [-0.2, 0) is 16.1 Å². The summed E-state index contributed by atoms with van der Waals surface area (Å²) in [5.41, 5.74) is 1.20. The van der Waals surface area contributed by atoms with E-state index >= 15 is 0 Å². The molecular formula is C21H23F2N3O3. The molecule has 0 unspecified atom stereocenters. The molecule has 0 heterocycles. The zero-order chi connectivity index (χ0) is 20.8. The summed E-state index contributed by atoms with van der Waals surface area (Å²) in [4.78, 5) is 26.3. The van der Waals surface area contributed by atoms with E-state index in [9.17, 15) is 18.4 Å². The fourth-order valence-electron chi connectivity index (χ4n) is 2.92. The summed E-state index contributed by atoms with van der Waals surface area (Å²) in [6, 6.07) is 11.1. The molecule has 0 spiro atoms. The summed E-state index contributed by atoms with van der Waals surface area (Å²) in [6.45, 7) is 0.553. The summed E-state index contributed by atoms with van der Waals surface area (Å²) in [7, 11) is 1.61. The van der Waals surface area contributed by atoms with Crippen LogP contribution in [0, 0.1) is 11.6 Å². The van der Waals surface area contributed by atoms with Crippen LogP contribution in [0.1, 0.15) is 18.4 Å². The van der Waals surface area contributed by atoms with E-state index in [1.165, 1.54) is 6.07 Å². The SMILES string of the molecule is COc1ccc(CN(CC(=O)NCC(=O)Nc2ccc(F)c(F)c2)C2CC2)cc1. The third-order valence-electron chi connectivity index (χ3n) is 4.60. The van der Waals surface area contributed by atoms with E-state index in [1.54, 1.807) is 7.11 Å².